The molecule has 0 aliphatic carbocycles. The van der Waals surface area contributed by atoms with Gasteiger partial charge < -0.3 is 19.5 Å². The summed E-state index contributed by atoms with van der Waals surface area (Å²) in [5.41, 5.74) is 0.0645. The summed E-state index contributed by atoms with van der Waals surface area (Å²) in [7, 11) is -2.52. The number of methoxy groups -OCH3 is 1. The number of sulfone groups is 1. The van der Waals surface area contributed by atoms with Crippen molar-refractivity contribution in [3.63, 3.8) is 0 Å². The number of nitrogens with one attached hydrogen (secondary N) is 1. The molecule has 40 heavy (non-hydrogen) atoms. The van der Waals surface area contributed by atoms with Crippen molar-refractivity contribution >= 4 is 38.5 Å². The number of hydrogen-bond donors (Lipinski definition) is 1. The Morgan fingerprint density at radius 1 is 1.00 bits per heavy atom. The molecule has 222 valence electrons. The first-order valence-electron chi connectivity index (χ1n) is 13.6. The molecule has 0 radical (unpaired) electrons. The van der Waals surface area contributed by atoms with Crippen LogP contribution in [-0.2, 0) is 44.9 Å². The van der Waals surface area contributed by atoms with E-state index in [1.807, 2.05) is 49.4 Å². The van der Waals surface area contributed by atoms with Crippen molar-refractivity contribution in [2.45, 2.75) is 78.0 Å². The highest BCUT2D eigenvalue weighted by molar-refractivity contribution is 7.91. The lowest BCUT2D eigenvalue weighted by Gasteiger charge is -2.26. The topological polar surface area (TPSA) is 125 Å². The SMILES string of the molecule is CCCC[C@H](NC(=O)[C@H](Cc1cccc2ccccc12)CS(=O)(=O)CC(COC)OC(C)=O)C(=O)OC(C)(C)C. The summed E-state index contributed by atoms with van der Waals surface area (Å²) in [5, 5.41) is 4.66. The second kappa shape index (κ2) is 15.1. The summed E-state index contributed by atoms with van der Waals surface area (Å²) >= 11 is 0. The summed E-state index contributed by atoms with van der Waals surface area (Å²) in [5.74, 6) is -3.75. The van der Waals surface area contributed by atoms with Gasteiger partial charge in [0.2, 0.25) is 5.91 Å². The Morgan fingerprint density at radius 2 is 1.68 bits per heavy atom. The molecule has 10 heteroatoms. The van der Waals surface area contributed by atoms with Gasteiger partial charge in [0.25, 0.3) is 0 Å². The Morgan fingerprint density at radius 3 is 2.30 bits per heavy atom. The minimum absolute atomic E-state index is 0.100. The quantitative estimate of drug-likeness (QED) is 0.315. The monoisotopic (exact) mass is 577 g/mol. The van der Waals surface area contributed by atoms with Crippen LogP contribution in [0.25, 0.3) is 10.8 Å². The highest BCUT2D eigenvalue weighted by Crippen LogP contribution is 2.23. The van der Waals surface area contributed by atoms with Crippen LogP contribution in [-0.4, -0.2) is 69.2 Å². The third-order valence-corrected chi connectivity index (χ3v) is 7.94. The fourth-order valence-electron chi connectivity index (χ4n) is 4.48. The summed E-state index contributed by atoms with van der Waals surface area (Å²) in [6.07, 6.45) is 0.974. The van der Waals surface area contributed by atoms with Gasteiger partial charge in [0.15, 0.2) is 9.84 Å². The maximum absolute atomic E-state index is 13.7. The predicted molar refractivity (Wildman–Crippen MR) is 155 cm³/mol. The zero-order valence-corrected chi connectivity index (χ0v) is 25.2. The van der Waals surface area contributed by atoms with Crippen molar-refractivity contribution in [3.05, 3.63) is 48.0 Å². The Balaban J connectivity index is 2.40. The Labute approximate surface area is 237 Å². The molecule has 0 heterocycles. The standard InChI is InChI=1S/C30H43NO8S/c1-7-8-16-27(29(34)39-30(3,4)5)31-28(33)24(17-23-14-11-13-22-12-9-10-15-26(22)23)19-40(35,36)20-25(18-37-6)38-21(2)32/h9-15,24-25,27H,7-8,16-20H2,1-6H3,(H,31,33)/t24-,25?,27+/m1/s1. The number of hydrogen-bond acceptors (Lipinski definition) is 8. The van der Waals surface area contributed by atoms with Crippen LogP contribution in [0, 0.1) is 5.92 Å². The molecule has 3 atom stereocenters. The summed E-state index contributed by atoms with van der Waals surface area (Å²) in [4.78, 5) is 38.1. The first-order chi connectivity index (χ1) is 18.7. The fraction of sp³-hybridized carbons (Fsp3) is 0.567. The molecule has 0 aliphatic heterocycles. The molecule has 2 rings (SSSR count). The number of unbranched alkanes of at least 4 members (excludes halogenated alkanes) is 1. The minimum atomic E-state index is -3.90. The van der Waals surface area contributed by atoms with Crippen molar-refractivity contribution in [1.82, 2.24) is 5.32 Å². The van der Waals surface area contributed by atoms with Crippen LogP contribution in [0.4, 0.5) is 0 Å². The van der Waals surface area contributed by atoms with Gasteiger partial charge in [-0.25, -0.2) is 13.2 Å². The van der Waals surface area contributed by atoms with E-state index in [1.54, 1.807) is 20.8 Å². The Bertz CT molecular complexity index is 1250. The zero-order chi connectivity index (χ0) is 29.9. The van der Waals surface area contributed by atoms with Crippen molar-refractivity contribution < 1.29 is 37.0 Å². The molecule has 9 nitrogen and oxygen atoms in total. The molecule has 0 aliphatic rings. The van der Waals surface area contributed by atoms with Crippen molar-refractivity contribution in [3.8, 4) is 0 Å². The fourth-order valence-corrected chi connectivity index (χ4v) is 6.23. The lowest BCUT2D eigenvalue weighted by atomic mass is 9.95. The molecule has 1 unspecified atom stereocenters. The molecule has 2 aromatic rings. The Hall–Kier alpha value is -2.98. The normalized spacial score (nSPS) is 14.2. The lowest BCUT2D eigenvalue weighted by Crippen LogP contribution is -2.48. The second-order valence-corrected chi connectivity index (χ2v) is 13.2. The average Bonchev–Trinajstić information content (AvgIpc) is 2.84. The van der Waals surface area contributed by atoms with Gasteiger partial charge in [-0.2, -0.15) is 0 Å². The second-order valence-electron chi connectivity index (χ2n) is 11.0. The van der Waals surface area contributed by atoms with Crippen molar-refractivity contribution in [2.75, 3.05) is 25.2 Å². The maximum atomic E-state index is 13.7. The van der Waals surface area contributed by atoms with E-state index < -0.39 is 62.9 Å². The van der Waals surface area contributed by atoms with Gasteiger partial charge in [0.1, 0.15) is 17.7 Å². The van der Waals surface area contributed by atoms with Crippen molar-refractivity contribution in [1.29, 1.82) is 0 Å². The number of fused-ring (bicyclic) bond motifs is 1. The van der Waals surface area contributed by atoms with E-state index in [1.165, 1.54) is 14.0 Å². The highest BCUT2D eigenvalue weighted by atomic mass is 32.2. The number of esters is 2. The first-order valence-corrected chi connectivity index (χ1v) is 15.4. The van der Waals surface area contributed by atoms with E-state index in [-0.39, 0.29) is 13.0 Å². The third-order valence-electron chi connectivity index (χ3n) is 6.15. The molecule has 0 bridgehead atoms. The largest absolute Gasteiger partial charge is 0.459 e. The number of amides is 1. The van der Waals surface area contributed by atoms with Gasteiger partial charge >= 0.3 is 11.9 Å². The molecule has 1 amide bonds. The van der Waals surface area contributed by atoms with E-state index in [2.05, 4.69) is 5.32 Å². The molecular formula is C30H43NO8S. The first kappa shape index (κ1) is 33.2. The maximum Gasteiger partial charge on any atom is 0.329 e. The molecule has 0 fully saturated rings. The van der Waals surface area contributed by atoms with Gasteiger partial charge in [0, 0.05) is 14.0 Å². The molecule has 0 saturated carbocycles. The van der Waals surface area contributed by atoms with E-state index in [9.17, 15) is 22.8 Å². The highest BCUT2D eigenvalue weighted by Gasteiger charge is 2.33. The van der Waals surface area contributed by atoms with E-state index >= 15 is 0 Å². The molecule has 0 spiro atoms. The molecule has 0 saturated heterocycles. The van der Waals surface area contributed by atoms with E-state index in [0.717, 1.165) is 22.8 Å². The third kappa shape index (κ3) is 11.3. The van der Waals surface area contributed by atoms with Gasteiger partial charge in [-0.1, -0.05) is 62.2 Å². The molecule has 1 N–H and O–H groups in total. The summed E-state index contributed by atoms with van der Waals surface area (Å²) in [6.45, 7) is 8.32. The van der Waals surface area contributed by atoms with Crippen LogP contribution in [0.5, 0.6) is 0 Å². The van der Waals surface area contributed by atoms with Gasteiger partial charge in [0.05, 0.1) is 24.0 Å². The summed E-state index contributed by atoms with van der Waals surface area (Å²) < 4.78 is 42.3. The predicted octanol–water partition coefficient (Wildman–Crippen LogP) is 4.01. The van der Waals surface area contributed by atoms with Crippen LogP contribution in [0.15, 0.2) is 42.5 Å². The van der Waals surface area contributed by atoms with Gasteiger partial charge in [-0.3, -0.25) is 9.59 Å². The zero-order valence-electron chi connectivity index (χ0n) is 24.4. The average molecular weight is 578 g/mol. The smallest absolute Gasteiger partial charge is 0.329 e. The van der Waals surface area contributed by atoms with Crippen molar-refractivity contribution in [2.24, 2.45) is 5.92 Å². The number of rotatable bonds is 15. The van der Waals surface area contributed by atoms with Gasteiger partial charge in [-0.05, 0) is 49.9 Å². The van der Waals surface area contributed by atoms with Crippen LogP contribution in [0.3, 0.4) is 0 Å². The summed E-state index contributed by atoms with van der Waals surface area (Å²) in [6, 6.07) is 12.4. The molecule has 2 aromatic carbocycles. The lowest BCUT2D eigenvalue weighted by molar-refractivity contribution is -0.159. The van der Waals surface area contributed by atoms with Gasteiger partial charge in [-0.15, -0.1) is 0 Å². The minimum Gasteiger partial charge on any atom is -0.459 e. The number of carbonyl (C=O) groups is 3. The van der Waals surface area contributed by atoms with E-state index in [4.69, 9.17) is 14.2 Å². The van der Waals surface area contributed by atoms with Crippen LogP contribution < -0.4 is 5.32 Å². The number of carbonyl (C=O) groups excluding carboxylic acids is 3. The molecule has 0 aromatic heterocycles. The molecular weight excluding hydrogens is 534 g/mol. The Kier molecular flexibility index (Phi) is 12.6. The number of benzene rings is 2. The van der Waals surface area contributed by atoms with Crippen LogP contribution in [0.2, 0.25) is 0 Å². The van der Waals surface area contributed by atoms with Crippen LogP contribution in [0.1, 0.15) is 59.4 Å². The van der Waals surface area contributed by atoms with E-state index in [0.29, 0.717) is 12.8 Å². The number of ether oxygens (including phenoxy) is 3. The van der Waals surface area contributed by atoms with Crippen LogP contribution >= 0.6 is 0 Å².